The molecule has 2 aromatic rings. The molecule has 3 rings (SSSR count). The van der Waals surface area contributed by atoms with Gasteiger partial charge in [0.2, 0.25) is 0 Å². The van der Waals surface area contributed by atoms with Crippen molar-refractivity contribution in [3.05, 3.63) is 30.0 Å². The minimum atomic E-state index is -0.126. The average Bonchev–Trinajstić information content (AvgIpc) is 2.90. The first-order valence-corrected chi connectivity index (χ1v) is 7.29. The number of rotatable bonds is 3. The molecule has 1 aliphatic heterocycles. The Kier molecular flexibility index (Phi) is 3.84. The fourth-order valence-electron chi connectivity index (χ4n) is 2.70. The number of hydrogen-bond acceptors (Lipinski definition) is 4. The SMILES string of the molecule is CN(CC1CCCCO1)C(=O)c1cc2cc(N)ccc2o1. The van der Waals surface area contributed by atoms with Crippen molar-refractivity contribution in [2.24, 2.45) is 0 Å². The first-order chi connectivity index (χ1) is 10.1. The highest BCUT2D eigenvalue weighted by atomic mass is 16.5. The number of carbonyl (C=O) groups excluding carboxylic acids is 1. The van der Waals surface area contributed by atoms with Crippen molar-refractivity contribution in [3.63, 3.8) is 0 Å². The molecule has 2 heterocycles. The number of carbonyl (C=O) groups is 1. The van der Waals surface area contributed by atoms with Crippen LogP contribution in [0.3, 0.4) is 0 Å². The van der Waals surface area contributed by atoms with Crippen LogP contribution in [-0.2, 0) is 4.74 Å². The van der Waals surface area contributed by atoms with Crippen LogP contribution in [0, 0.1) is 0 Å². The molecule has 1 aromatic carbocycles. The monoisotopic (exact) mass is 288 g/mol. The molecule has 0 spiro atoms. The van der Waals surface area contributed by atoms with Crippen molar-refractivity contribution in [3.8, 4) is 0 Å². The zero-order chi connectivity index (χ0) is 14.8. The van der Waals surface area contributed by atoms with Gasteiger partial charge in [-0.15, -0.1) is 0 Å². The molecular formula is C16H20N2O3. The van der Waals surface area contributed by atoms with Gasteiger partial charge in [0.15, 0.2) is 5.76 Å². The van der Waals surface area contributed by atoms with Crippen LogP contribution in [0.15, 0.2) is 28.7 Å². The molecule has 112 valence electrons. The Labute approximate surface area is 123 Å². The topological polar surface area (TPSA) is 68.7 Å². The lowest BCUT2D eigenvalue weighted by Gasteiger charge is -2.26. The lowest BCUT2D eigenvalue weighted by atomic mass is 10.1. The number of anilines is 1. The Hall–Kier alpha value is -2.01. The molecule has 0 radical (unpaired) electrons. The van der Waals surface area contributed by atoms with E-state index in [0.29, 0.717) is 23.6 Å². The molecule has 21 heavy (non-hydrogen) atoms. The molecule has 2 N–H and O–H groups in total. The van der Waals surface area contributed by atoms with Crippen LogP contribution in [0.5, 0.6) is 0 Å². The van der Waals surface area contributed by atoms with Crippen molar-refractivity contribution in [2.45, 2.75) is 25.4 Å². The molecule has 5 heteroatoms. The molecule has 5 nitrogen and oxygen atoms in total. The predicted molar refractivity (Wildman–Crippen MR) is 81.2 cm³/mol. The Morgan fingerprint density at radius 3 is 3.00 bits per heavy atom. The van der Waals surface area contributed by atoms with E-state index >= 15 is 0 Å². The van der Waals surface area contributed by atoms with E-state index in [1.807, 2.05) is 0 Å². The van der Waals surface area contributed by atoms with Gasteiger partial charge in [-0.2, -0.15) is 0 Å². The zero-order valence-corrected chi connectivity index (χ0v) is 12.2. The van der Waals surface area contributed by atoms with E-state index in [-0.39, 0.29) is 12.0 Å². The van der Waals surface area contributed by atoms with Crippen LogP contribution in [0.4, 0.5) is 5.69 Å². The summed E-state index contributed by atoms with van der Waals surface area (Å²) in [5.41, 5.74) is 7.07. The summed E-state index contributed by atoms with van der Waals surface area (Å²) in [6.45, 7) is 1.38. The van der Waals surface area contributed by atoms with E-state index in [0.717, 1.165) is 31.3 Å². The fourth-order valence-corrected chi connectivity index (χ4v) is 2.70. The zero-order valence-electron chi connectivity index (χ0n) is 12.2. The maximum atomic E-state index is 12.4. The standard InChI is InChI=1S/C16H20N2O3/c1-18(10-13-4-2-3-7-20-13)16(19)15-9-11-8-12(17)5-6-14(11)21-15/h5-6,8-9,13H,2-4,7,10,17H2,1H3. The lowest BCUT2D eigenvalue weighted by molar-refractivity contribution is -0.000672. The number of amides is 1. The Morgan fingerprint density at radius 2 is 2.24 bits per heavy atom. The van der Waals surface area contributed by atoms with Crippen LogP contribution < -0.4 is 5.73 Å². The summed E-state index contributed by atoms with van der Waals surface area (Å²) in [6.07, 6.45) is 3.41. The van der Waals surface area contributed by atoms with Gasteiger partial charge in [0.1, 0.15) is 5.58 Å². The maximum absolute atomic E-state index is 12.4. The quantitative estimate of drug-likeness (QED) is 0.882. The summed E-state index contributed by atoms with van der Waals surface area (Å²) in [5, 5.41) is 0.848. The number of nitrogens with two attached hydrogens (primary N) is 1. The van der Waals surface area contributed by atoms with Crippen LogP contribution in [0.1, 0.15) is 29.8 Å². The third-order valence-electron chi connectivity index (χ3n) is 3.85. The Balaban J connectivity index is 1.72. The van der Waals surface area contributed by atoms with E-state index in [1.54, 1.807) is 36.2 Å². The number of likely N-dealkylation sites (N-methyl/N-ethyl adjacent to an activating group) is 1. The Bertz CT molecular complexity index is 644. The molecule has 1 atom stereocenters. The van der Waals surface area contributed by atoms with E-state index in [2.05, 4.69) is 0 Å². The molecule has 0 saturated carbocycles. The highest BCUT2D eigenvalue weighted by Crippen LogP contribution is 2.23. The van der Waals surface area contributed by atoms with E-state index in [9.17, 15) is 4.79 Å². The van der Waals surface area contributed by atoms with Crippen molar-refractivity contribution in [1.29, 1.82) is 0 Å². The van der Waals surface area contributed by atoms with E-state index < -0.39 is 0 Å². The lowest BCUT2D eigenvalue weighted by Crippen LogP contribution is -2.36. The van der Waals surface area contributed by atoms with Gasteiger partial charge in [-0.3, -0.25) is 4.79 Å². The summed E-state index contributed by atoms with van der Waals surface area (Å²) < 4.78 is 11.3. The first-order valence-electron chi connectivity index (χ1n) is 7.29. The van der Waals surface area contributed by atoms with Gasteiger partial charge in [-0.1, -0.05) is 0 Å². The van der Waals surface area contributed by atoms with Gasteiger partial charge in [0.25, 0.3) is 5.91 Å². The van der Waals surface area contributed by atoms with E-state index in [4.69, 9.17) is 14.9 Å². The number of ether oxygens (including phenoxy) is 1. The van der Waals surface area contributed by atoms with Gasteiger partial charge in [0.05, 0.1) is 6.10 Å². The summed E-state index contributed by atoms with van der Waals surface area (Å²) in [6, 6.07) is 7.09. The maximum Gasteiger partial charge on any atom is 0.289 e. The number of hydrogen-bond donors (Lipinski definition) is 1. The highest BCUT2D eigenvalue weighted by molar-refractivity contribution is 5.96. The molecule has 0 aliphatic carbocycles. The third-order valence-corrected chi connectivity index (χ3v) is 3.85. The van der Waals surface area contributed by atoms with Crippen LogP contribution in [0.25, 0.3) is 11.0 Å². The minimum absolute atomic E-state index is 0.126. The van der Waals surface area contributed by atoms with Crippen LogP contribution >= 0.6 is 0 Å². The van der Waals surface area contributed by atoms with E-state index in [1.165, 1.54) is 0 Å². The molecule has 1 unspecified atom stereocenters. The number of fused-ring (bicyclic) bond motifs is 1. The molecule has 1 fully saturated rings. The molecule has 1 aliphatic rings. The first kappa shape index (κ1) is 13.9. The molecule has 0 bridgehead atoms. The number of nitrogens with zero attached hydrogens (tertiary/aromatic N) is 1. The largest absolute Gasteiger partial charge is 0.451 e. The van der Waals surface area contributed by atoms with Crippen molar-refractivity contribution >= 4 is 22.6 Å². The summed E-state index contributed by atoms with van der Waals surface area (Å²) in [5.74, 6) is 0.216. The molecular weight excluding hydrogens is 268 g/mol. The second-order valence-corrected chi connectivity index (χ2v) is 5.58. The fraction of sp³-hybridized carbons (Fsp3) is 0.438. The molecule has 1 aromatic heterocycles. The third kappa shape index (κ3) is 3.03. The van der Waals surface area contributed by atoms with Gasteiger partial charge < -0.3 is 19.8 Å². The number of benzene rings is 1. The van der Waals surface area contributed by atoms with Gasteiger partial charge in [-0.05, 0) is 43.5 Å². The minimum Gasteiger partial charge on any atom is -0.451 e. The highest BCUT2D eigenvalue weighted by Gasteiger charge is 2.22. The molecule has 1 saturated heterocycles. The second kappa shape index (κ2) is 5.77. The Morgan fingerprint density at radius 1 is 1.38 bits per heavy atom. The smallest absolute Gasteiger partial charge is 0.289 e. The summed E-state index contributed by atoms with van der Waals surface area (Å²) in [4.78, 5) is 14.1. The van der Waals surface area contributed by atoms with Gasteiger partial charge in [0, 0.05) is 31.3 Å². The normalized spacial score (nSPS) is 18.8. The summed E-state index contributed by atoms with van der Waals surface area (Å²) in [7, 11) is 1.78. The predicted octanol–water partition coefficient (Wildman–Crippen LogP) is 2.66. The average molecular weight is 288 g/mol. The summed E-state index contributed by atoms with van der Waals surface area (Å²) >= 11 is 0. The number of nitrogen functional groups attached to an aromatic ring is 1. The van der Waals surface area contributed by atoms with Gasteiger partial charge in [-0.25, -0.2) is 0 Å². The number of furan rings is 1. The van der Waals surface area contributed by atoms with Crippen molar-refractivity contribution in [2.75, 3.05) is 25.9 Å². The van der Waals surface area contributed by atoms with Crippen LogP contribution in [-0.4, -0.2) is 37.1 Å². The second-order valence-electron chi connectivity index (χ2n) is 5.58. The van der Waals surface area contributed by atoms with Gasteiger partial charge >= 0.3 is 0 Å². The van der Waals surface area contributed by atoms with Crippen LogP contribution in [0.2, 0.25) is 0 Å². The van der Waals surface area contributed by atoms with Crippen molar-refractivity contribution in [1.82, 2.24) is 4.90 Å². The molecule has 1 amide bonds. The van der Waals surface area contributed by atoms with Crippen molar-refractivity contribution < 1.29 is 13.9 Å².